The Bertz CT molecular complexity index is 1200. The van der Waals surface area contributed by atoms with E-state index in [0.29, 0.717) is 4.90 Å². The largest absolute Gasteiger partial charge is 0.481 e. The third-order valence-corrected chi connectivity index (χ3v) is 4.63. The predicted octanol–water partition coefficient (Wildman–Crippen LogP) is 3.35. The van der Waals surface area contributed by atoms with Gasteiger partial charge in [0, 0.05) is 10.6 Å². The number of hydrogen-bond donors (Lipinski definition) is 3. The Balaban J connectivity index is 1.77. The van der Waals surface area contributed by atoms with Crippen molar-refractivity contribution in [3.63, 3.8) is 0 Å². The summed E-state index contributed by atoms with van der Waals surface area (Å²) in [7, 11) is 0. The number of nitrogens with zero attached hydrogens (tertiary/aromatic N) is 1. The Morgan fingerprint density at radius 3 is 2.56 bits per heavy atom. The third-order valence-electron chi connectivity index (χ3n) is 4.39. The molecule has 178 valence electrons. The van der Waals surface area contributed by atoms with E-state index in [4.69, 9.17) is 21.4 Å². The second kappa shape index (κ2) is 9.83. The molecule has 0 aliphatic carbocycles. The third kappa shape index (κ3) is 5.84. The number of urea groups is 1. The molecule has 0 bridgehead atoms. The highest BCUT2D eigenvalue weighted by Crippen LogP contribution is 2.34. The first-order chi connectivity index (χ1) is 16.0. The van der Waals surface area contributed by atoms with Gasteiger partial charge in [-0.3, -0.25) is 9.59 Å². The molecule has 9 nitrogen and oxygen atoms in total. The van der Waals surface area contributed by atoms with Crippen molar-refractivity contribution in [2.24, 2.45) is 0 Å². The Morgan fingerprint density at radius 2 is 1.88 bits per heavy atom. The normalized spacial score (nSPS) is 14.8. The van der Waals surface area contributed by atoms with Gasteiger partial charge in [0.1, 0.15) is 18.0 Å². The van der Waals surface area contributed by atoms with Gasteiger partial charge in [-0.2, -0.15) is 13.2 Å². The van der Waals surface area contributed by atoms with Gasteiger partial charge in [0.2, 0.25) is 5.91 Å². The quantitative estimate of drug-likeness (QED) is 0.398. The lowest BCUT2D eigenvalue weighted by Crippen LogP contribution is -2.38. The molecule has 2 aromatic carbocycles. The maximum Gasteiger partial charge on any atom is 0.418 e. The summed E-state index contributed by atoms with van der Waals surface area (Å²) in [6.45, 7) is -1.53. The molecule has 13 heteroatoms. The number of alkyl halides is 3. The maximum atomic E-state index is 13.1. The number of rotatable bonds is 7. The molecule has 0 saturated carbocycles. The number of carboxylic acids is 1. The Kier molecular flexibility index (Phi) is 7.11. The van der Waals surface area contributed by atoms with E-state index in [0.717, 1.165) is 18.2 Å². The summed E-state index contributed by atoms with van der Waals surface area (Å²) in [5.74, 6) is -3.16. The van der Waals surface area contributed by atoms with Crippen molar-refractivity contribution in [2.45, 2.75) is 6.18 Å². The lowest BCUT2D eigenvalue weighted by molar-refractivity contribution is -0.139. The first kappa shape index (κ1) is 24.6. The average molecular weight is 498 g/mol. The molecule has 34 heavy (non-hydrogen) atoms. The lowest BCUT2D eigenvalue weighted by atomic mass is 10.1. The molecule has 0 aromatic heterocycles. The molecule has 1 saturated heterocycles. The first-order valence-electron chi connectivity index (χ1n) is 9.40. The zero-order valence-electron chi connectivity index (χ0n) is 17.0. The molecule has 2 aromatic rings. The zero-order chi connectivity index (χ0) is 25.0. The number of imide groups is 1. The molecule has 0 spiro atoms. The summed E-state index contributed by atoms with van der Waals surface area (Å²) in [6, 6.07) is 7.41. The fourth-order valence-electron chi connectivity index (χ4n) is 2.95. The van der Waals surface area contributed by atoms with Crippen LogP contribution >= 0.6 is 11.6 Å². The van der Waals surface area contributed by atoms with E-state index >= 15 is 0 Å². The molecule has 1 fully saturated rings. The van der Waals surface area contributed by atoms with Crippen LogP contribution in [-0.2, 0) is 20.6 Å². The van der Waals surface area contributed by atoms with E-state index < -0.39 is 54.4 Å². The van der Waals surface area contributed by atoms with Gasteiger partial charge < -0.3 is 20.5 Å². The van der Waals surface area contributed by atoms with Crippen LogP contribution in [-0.4, -0.2) is 47.0 Å². The Hall–Kier alpha value is -4.06. The van der Waals surface area contributed by atoms with Crippen molar-refractivity contribution in [2.75, 3.05) is 18.5 Å². The highest BCUT2D eigenvalue weighted by Gasteiger charge is 2.36. The number of carbonyl (C=O) groups excluding carboxylic acids is 3. The van der Waals surface area contributed by atoms with Gasteiger partial charge in [0.25, 0.3) is 5.91 Å². The number of halogens is 4. The van der Waals surface area contributed by atoms with E-state index in [1.807, 2.05) is 5.32 Å². The van der Waals surface area contributed by atoms with Gasteiger partial charge in [0.05, 0.1) is 11.3 Å². The predicted molar refractivity (Wildman–Crippen MR) is 113 cm³/mol. The lowest BCUT2D eigenvalue weighted by Gasteiger charge is -2.15. The van der Waals surface area contributed by atoms with Crippen LogP contribution in [0, 0.1) is 0 Å². The van der Waals surface area contributed by atoms with Crippen molar-refractivity contribution in [3.05, 3.63) is 64.3 Å². The molecule has 3 rings (SSSR count). The molecule has 0 radical (unpaired) electrons. The fraction of sp³-hybridized carbons (Fsp3) is 0.143. The number of nitrogens with one attached hydrogen (secondary N) is 2. The number of para-hydroxylation sites is 1. The van der Waals surface area contributed by atoms with Crippen LogP contribution in [0.25, 0.3) is 6.08 Å². The molecular weight excluding hydrogens is 483 g/mol. The second-order valence-corrected chi connectivity index (χ2v) is 7.27. The Morgan fingerprint density at radius 1 is 1.18 bits per heavy atom. The first-order valence-corrected chi connectivity index (χ1v) is 9.78. The maximum absolute atomic E-state index is 13.1. The number of amides is 4. The van der Waals surface area contributed by atoms with Gasteiger partial charge in [-0.05, 0) is 36.4 Å². The summed E-state index contributed by atoms with van der Waals surface area (Å²) in [5.41, 5.74) is -1.73. The summed E-state index contributed by atoms with van der Waals surface area (Å²) < 4.78 is 44.4. The molecule has 1 heterocycles. The minimum atomic E-state index is -4.72. The van der Waals surface area contributed by atoms with E-state index in [2.05, 4.69) is 5.32 Å². The number of benzene rings is 2. The summed E-state index contributed by atoms with van der Waals surface area (Å²) in [4.78, 5) is 48.4. The van der Waals surface area contributed by atoms with Crippen LogP contribution < -0.4 is 15.4 Å². The minimum Gasteiger partial charge on any atom is -0.481 e. The molecule has 0 atom stereocenters. The number of carbonyl (C=O) groups is 4. The molecule has 0 unspecified atom stereocenters. The van der Waals surface area contributed by atoms with E-state index in [-0.39, 0.29) is 22.0 Å². The molecule has 4 amide bonds. The summed E-state index contributed by atoms with van der Waals surface area (Å²) in [5, 5.41) is 13.3. The molecule has 1 aliphatic heterocycles. The fourth-order valence-corrected chi connectivity index (χ4v) is 3.13. The number of hydrogen-bond acceptors (Lipinski definition) is 5. The van der Waals surface area contributed by atoms with Crippen LogP contribution in [0.5, 0.6) is 5.75 Å². The van der Waals surface area contributed by atoms with Crippen molar-refractivity contribution < 1.29 is 42.2 Å². The second-order valence-electron chi connectivity index (χ2n) is 6.84. The van der Waals surface area contributed by atoms with Crippen molar-refractivity contribution >= 4 is 47.2 Å². The van der Waals surface area contributed by atoms with E-state index in [9.17, 15) is 32.3 Å². The van der Waals surface area contributed by atoms with E-state index in [1.54, 1.807) is 0 Å². The SMILES string of the molecule is O=C(O)COc1ccc(Cl)cc1/C=C1\NC(=O)N(CC(=O)Nc2ccccc2C(F)(F)F)C1=O. The Labute approximate surface area is 194 Å². The number of ether oxygens (including phenoxy) is 1. The van der Waals surface area contributed by atoms with Crippen LogP contribution in [0.3, 0.4) is 0 Å². The molecule has 1 aliphatic rings. The topological polar surface area (TPSA) is 125 Å². The minimum absolute atomic E-state index is 0.0568. The monoisotopic (exact) mass is 497 g/mol. The van der Waals surface area contributed by atoms with Crippen LogP contribution in [0.2, 0.25) is 5.02 Å². The molecular formula is C21H15ClF3N3O6. The van der Waals surface area contributed by atoms with Gasteiger partial charge in [0.15, 0.2) is 6.61 Å². The van der Waals surface area contributed by atoms with Crippen LogP contribution in [0.4, 0.5) is 23.7 Å². The average Bonchev–Trinajstić information content (AvgIpc) is 3.00. The van der Waals surface area contributed by atoms with Crippen molar-refractivity contribution in [1.29, 1.82) is 0 Å². The smallest absolute Gasteiger partial charge is 0.418 e. The number of anilines is 1. The van der Waals surface area contributed by atoms with Gasteiger partial charge in [-0.1, -0.05) is 23.7 Å². The van der Waals surface area contributed by atoms with Gasteiger partial charge >= 0.3 is 18.2 Å². The van der Waals surface area contributed by atoms with Crippen LogP contribution in [0.1, 0.15) is 11.1 Å². The van der Waals surface area contributed by atoms with Crippen LogP contribution in [0.15, 0.2) is 48.2 Å². The van der Waals surface area contributed by atoms with Crippen molar-refractivity contribution in [1.82, 2.24) is 10.2 Å². The van der Waals surface area contributed by atoms with Gasteiger partial charge in [-0.15, -0.1) is 0 Å². The number of aliphatic carboxylic acids is 1. The summed E-state index contributed by atoms with van der Waals surface area (Å²) >= 11 is 5.93. The standard InChI is InChI=1S/C21H15ClF3N3O6/c22-12-5-6-16(34-10-18(30)31)11(7-12)8-15-19(32)28(20(33)27-15)9-17(29)26-14-4-2-1-3-13(14)21(23,24)25/h1-8H,9-10H2,(H,26,29)(H,27,33)(H,30,31)/b15-8-. The van der Waals surface area contributed by atoms with Gasteiger partial charge in [-0.25, -0.2) is 14.5 Å². The highest BCUT2D eigenvalue weighted by atomic mass is 35.5. The number of carboxylic acid groups (broad SMARTS) is 1. The van der Waals surface area contributed by atoms with E-state index in [1.165, 1.54) is 30.3 Å². The summed E-state index contributed by atoms with van der Waals surface area (Å²) in [6.07, 6.45) is -3.56. The zero-order valence-corrected chi connectivity index (χ0v) is 17.7. The van der Waals surface area contributed by atoms with Crippen molar-refractivity contribution in [3.8, 4) is 5.75 Å². The molecule has 3 N–H and O–H groups in total. The highest BCUT2D eigenvalue weighted by molar-refractivity contribution is 6.30.